The van der Waals surface area contributed by atoms with Crippen LogP contribution in [0.1, 0.15) is 23.3 Å². The Labute approximate surface area is 196 Å². The van der Waals surface area contributed by atoms with E-state index in [0.717, 1.165) is 71.1 Å². The van der Waals surface area contributed by atoms with E-state index in [-0.39, 0.29) is 0 Å². The maximum absolute atomic E-state index is 5.89. The molecule has 3 aromatic rings. The van der Waals surface area contributed by atoms with Gasteiger partial charge in [0.25, 0.3) is 0 Å². The van der Waals surface area contributed by atoms with Crippen molar-refractivity contribution in [2.75, 3.05) is 51.3 Å². The van der Waals surface area contributed by atoms with Gasteiger partial charge in [-0.15, -0.1) is 11.3 Å². The van der Waals surface area contributed by atoms with Gasteiger partial charge < -0.3 is 20.4 Å². The number of ether oxygens (including phenoxy) is 1. The van der Waals surface area contributed by atoms with E-state index in [4.69, 9.17) is 31.3 Å². The first-order chi connectivity index (χ1) is 16.1. The number of nitrogens with zero attached hydrogens (tertiary/aromatic N) is 5. The number of hydrogen-bond donors (Lipinski definition) is 2. The van der Waals surface area contributed by atoms with E-state index in [1.807, 2.05) is 24.3 Å². The summed E-state index contributed by atoms with van der Waals surface area (Å²) in [7, 11) is 2.13. The predicted molar refractivity (Wildman–Crippen MR) is 131 cm³/mol. The van der Waals surface area contributed by atoms with Crippen LogP contribution >= 0.6 is 11.3 Å². The Kier molecular flexibility index (Phi) is 6.26. The van der Waals surface area contributed by atoms with Gasteiger partial charge in [0.2, 0.25) is 0 Å². The molecule has 10 heteroatoms. The monoisotopic (exact) mass is 467 g/mol. The summed E-state index contributed by atoms with van der Waals surface area (Å²) in [5, 5.41) is 3.72. The Morgan fingerprint density at radius 1 is 1.15 bits per heavy atom. The molecule has 5 rings (SSSR count). The van der Waals surface area contributed by atoms with Crippen molar-refractivity contribution in [3.63, 3.8) is 0 Å². The summed E-state index contributed by atoms with van der Waals surface area (Å²) in [6.45, 7) is 4.80. The standard InChI is InChI=1S/C23H29N7O2S/c1-29-8-6-23(32-25,7-9-29)19-14-18-20(33-19)22(30-10-12-31-13-11-30)28-21(27-18)17-5-3-2-4-16(17)15-26-24/h2-5,14-15H,6-13,24-25H2,1H3/b26-15-. The maximum Gasteiger partial charge on any atom is 0.162 e. The average molecular weight is 468 g/mol. The molecule has 0 saturated carbocycles. The van der Waals surface area contributed by atoms with Crippen LogP contribution in [-0.4, -0.2) is 67.5 Å². The van der Waals surface area contributed by atoms with Crippen molar-refractivity contribution in [2.45, 2.75) is 18.4 Å². The second-order valence-corrected chi connectivity index (χ2v) is 9.63. The fraction of sp³-hybridized carbons (Fsp3) is 0.435. The first-order valence-electron chi connectivity index (χ1n) is 11.2. The number of piperidine rings is 1. The Hall–Kier alpha value is -2.63. The van der Waals surface area contributed by atoms with Crippen LogP contribution < -0.4 is 16.6 Å². The third-order valence-corrected chi connectivity index (χ3v) is 7.85. The molecule has 0 atom stereocenters. The lowest BCUT2D eigenvalue weighted by Crippen LogP contribution is -2.43. The number of benzene rings is 1. The van der Waals surface area contributed by atoms with Gasteiger partial charge in [0.15, 0.2) is 11.6 Å². The largest absolute Gasteiger partial charge is 0.378 e. The summed E-state index contributed by atoms with van der Waals surface area (Å²) in [6, 6.07) is 10.0. The van der Waals surface area contributed by atoms with Crippen molar-refractivity contribution < 1.29 is 9.57 Å². The molecule has 9 nitrogen and oxygen atoms in total. The Bertz CT molecular complexity index is 1150. The number of fused-ring (bicyclic) bond motifs is 1. The third-order valence-electron chi connectivity index (χ3n) is 6.55. The SMILES string of the molecule is CN1CCC(ON)(c2cc3nc(-c4ccccc4/C=N\N)nc(N4CCOCC4)c3s2)CC1. The Morgan fingerprint density at radius 2 is 1.91 bits per heavy atom. The predicted octanol–water partition coefficient (Wildman–Crippen LogP) is 2.30. The highest BCUT2D eigenvalue weighted by molar-refractivity contribution is 7.19. The molecule has 1 aromatic carbocycles. The number of hydrogen-bond acceptors (Lipinski definition) is 10. The van der Waals surface area contributed by atoms with Gasteiger partial charge in [-0.3, -0.25) is 4.84 Å². The molecule has 2 aliphatic rings. The molecule has 2 aliphatic heterocycles. The van der Waals surface area contributed by atoms with E-state index in [1.165, 1.54) is 0 Å². The molecule has 0 spiro atoms. The van der Waals surface area contributed by atoms with E-state index in [1.54, 1.807) is 17.6 Å². The number of anilines is 1. The number of nitrogens with two attached hydrogens (primary N) is 2. The van der Waals surface area contributed by atoms with Crippen LogP contribution in [0.15, 0.2) is 35.4 Å². The van der Waals surface area contributed by atoms with E-state index in [2.05, 4.69) is 28.0 Å². The van der Waals surface area contributed by atoms with Gasteiger partial charge in [0, 0.05) is 42.2 Å². The number of hydrazone groups is 1. The second-order valence-electron chi connectivity index (χ2n) is 8.58. The van der Waals surface area contributed by atoms with Crippen LogP contribution in [0.5, 0.6) is 0 Å². The fourth-order valence-corrected chi connectivity index (χ4v) is 5.85. The number of aromatic nitrogens is 2. The van der Waals surface area contributed by atoms with E-state index in [0.29, 0.717) is 19.0 Å². The fourth-order valence-electron chi connectivity index (χ4n) is 4.54. The van der Waals surface area contributed by atoms with Crippen LogP contribution in [0.25, 0.3) is 21.6 Å². The molecule has 174 valence electrons. The second kappa shape index (κ2) is 9.32. The summed E-state index contributed by atoms with van der Waals surface area (Å²) >= 11 is 1.69. The molecule has 2 aromatic heterocycles. The molecular weight excluding hydrogens is 438 g/mol. The maximum atomic E-state index is 5.89. The topological polar surface area (TPSA) is 115 Å². The molecule has 0 radical (unpaired) electrons. The Morgan fingerprint density at radius 3 is 2.64 bits per heavy atom. The van der Waals surface area contributed by atoms with Crippen LogP contribution in [-0.2, 0) is 15.2 Å². The van der Waals surface area contributed by atoms with Gasteiger partial charge in [0.05, 0.1) is 29.6 Å². The van der Waals surface area contributed by atoms with Gasteiger partial charge in [-0.1, -0.05) is 24.3 Å². The molecule has 0 amide bonds. The molecule has 33 heavy (non-hydrogen) atoms. The molecule has 0 unspecified atom stereocenters. The number of thiophene rings is 1. The van der Waals surface area contributed by atoms with Crippen molar-refractivity contribution in [1.29, 1.82) is 0 Å². The highest BCUT2D eigenvalue weighted by atomic mass is 32.1. The van der Waals surface area contributed by atoms with Gasteiger partial charge in [-0.2, -0.15) is 5.10 Å². The number of morpholine rings is 1. The smallest absolute Gasteiger partial charge is 0.162 e. The Balaban J connectivity index is 1.67. The first-order valence-corrected chi connectivity index (χ1v) is 12.0. The lowest BCUT2D eigenvalue weighted by molar-refractivity contribution is -0.0871. The van der Waals surface area contributed by atoms with Crippen LogP contribution in [0, 0.1) is 0 Å². The lowest BCUT2D eigenvalue weighted by atomic mass is 9.90. The van der Waals surface area contributed by atoms with E-state index < -0.39 is 5.60 Å². The molecule has 2 saturated heterocycles. The zero-order chi connectivity index (χ0) is 22.8. The van der Waals surface area contributed by atoms with Gasteiger partial charge in [-0.05, 0) is 26.0 Å². The van der Waals surface area contributed by atoms with Gasteiger partial charge in [0.1, 0.15) is 5.60 Å². The summed E-state index contributed by atoms with van der Waals surface area (Å²) in [5.74, 6) is 12.9. The zero-order valence-electron chi connectivity index (χ0n) is 18.7. The normalized spacial score (nSPS) is 19.5. The molecular formula is C23H29N7O2S. The first kappa shape index (κ1) is 22.2. The number of likely N-dealkylation sites (tertiary alicyclic amines) is 1. The third kappa shape index (κ3) is 4.20. The van der Waals surface area contributed by atoms with Crippen molar-refractivity contribution in [2.24, 2.45) is 16.8 Å². The molecule has 4 heterocycles. The average Bonchev–Trinajstić information content (AvgIpc) is 3.30. The van der Waals surface area contributed by atoms with Crippen LogP contribution in [0.4, 0.5) is 5.82 Å². The van der Waals surface area contributed by atoms with Gasteiger partial charge >= 0.3 is 0 Å². The van der Waals surface area contributed by atoms with E-state index in [9.17, 15) is 0 Å². The highest BCUT2D eigenvalue weighted by Gasteiger charge is 2.38. The highest BCUT2D eigenvalue weighted by Crippen LogP contribution is 2.43. The van der Waals surface area contributed by atoms with Crippen molar-refractivity contribution >= 4 is 33.6 Å². The van der Waals surface area contributed by atoms with Crippen molar-refractivity contribution in [1.82, 2.24) is 14.9 Å². The molecule has 0 bridgehead atoms. The summed E-state index contributed by atoms with van der Waals surface area (Å²) in [5.41, 5.74) is 2.17. The van der Waals surface area contributed by atoms with E-state index >= 15 is 0 Å². The molecule has 2 fully saturated rings. The quantitative estimate of drug-likeness (QED) is 0.334. The molecule has 0 aliphatic carbocycles. The summed E-state index contributed by atoms with van der Waals surface area (Å²) in [6.07, 6.45) is 3.32. The number of rotatable bonds is 5. The van der Waals surface area contributed by atoms with Gasteiger partial charge in [-0.25, -0.2) is 15.9 Å². The zero-order valence-corrected chi connectivity index (χ0v) is 19.6. The minimum absolute atomic E-state index is 0.496. The van der Waals surface area contributed by atoms with Crippen LogP contribution in [0.3, 0.4) is 0 Å². The van der Waals surface area contributed by atoms with Crippen LogP contribution in [0.2, 0.25) is 0 Å². The van der Waals surface area contributed by atoms with Crippen molar-refractivity contribution in [3.8, 4) is 11.4 Å². The summed E-state index contributed by atoms with van der Waals surface area (Å²) < 4.78 is 6.64. The lowest BCUT2D eigenvalue weighted by Gasteiger charge is -2.38. The minimum atomic E-state index is -0.496. The minimum Gasteiger partial charge on any atom is -0.378 e. The molecule has 4 N–H and O–H groups in total. The summed E-state index contributed by atoms with van der Waals surface area (Å²) in [4.78, 5) is 21.4. The van der Waals surface area contributed by atoms with Crippen molar-refractivity contribution in [3.05, 3.63) is 40.8 Å².